The van der Waals surface area contributed by atoms with Crippen LogP contribution in [0, 0.1) is 12.8 Å². The molecule has 2 heterocycles. The lowest BCUT2D eigenvalue weighted by Crippen LogP contribution is -2.37. The average Bonchev–Trinajstić information content (AvgIpc) is 2.76. The number of methoxy groups -OCH3 is 1. The molecule has 1 aromatic carbocycles. The molecule has 1 unspecified atom stereocenters. The summed E-state index contributed by atoms with van der Waals surface area (Å²) in [5.41, 5.74) is 1.63. The molecule has 1 saturated heterocycles. The predicted molar refractivity (Wildman–Crippen MR) is 116 cm³/mol. The number of carbonyl (C=O) groups excluding carboxylic acids is 1. The minimum absolute atomic E-state index is 0.222. The van der Waals surface area contributed by atoms with Crippen molar-refractivity contribution in [2.75, 3.05) is 33.4 Å². The van der Waals surface area contributed by atoms with Crippen LogP contribution >= 0.6 is 0 Å². The van der Waals surface area contributed by atoms with Gasteiger partial charge in [-0.1, -0.05) is 12.1 Å². The molecule has 1 fully saturated rings. The van der Waals surface area contributed by atoms with E-state index in [2.05, 4.69) is 10.6 Å². The first kappa shape index (κ1) is 22.1. The second kappa shape index (κ2) is 10.9. The molecule has 7 heteroatoms. The van der Waals surface area contributed by atoms with Crippen LogP contribution < -0.4 is 20.9 Å². The van der Waals surface area contributed by atoms with Crippen LogP contribution in [0.4, 0.5) is 0 Å². The molecule has 1 aliphatic rings. The molecule has 0 spiro atoms. The standard InChI is InChI=1S/C23H31N3O4/c1-17-9-11-26(16-19-4-3-10-24-14-19)23(28)21(17)22(27)25-15-18-5-7-20(8-6-18)30-13-12-29-2/h5-9,11,19,24H,3-4,10,12-16H2,1-2H3,(H,25,27). The Balaban J connectivity index is 1.62. The van der Waals surface area contributed by atoms with Gasteiger partial charge in [0.2, 0.25) is 0 Å². The fourth-order valence-electron chi connectivity index (χ4n) is 3.66. The normalized spacial score (nSPS) is 16.3. The molecule has 0 bridgehead atoms. The maximum Gasteiger partial charge on any atom is 0.263 e. The summed E-state index contributed by atoms with van der Waals surface area (Å²) in [5, 5.41) is 6.24. The highest BCUT2D eigenvalue weighted by Crippen LogP contribution is 2.14. The van der Waals surface area contributed by atoms with Gasteiger partial charge in [0.1, 0.15) is 17.9 Å². The second-order valence-corrected chi connectivity index (χ2v) is 7.71. The molecule has 0 aliphatic carbocycles. The highest BCUT2D eigenvalue weighted by atomic mass is 16.5. The first-order valence-corrected chi connectivity index (χ1v) is 10.5. The predicted octanol–water partition coefficient (Wildman–Crippen LogP) is 2.11. The molecular weight excluding hydrogens is 382 g/mol. The molecule has 162 valence electrons. The van der Waals surface area contributed by atoms with Crippen molar-refractivity contribution in [3.63, 3.8) is 0 Å². The van der Waals surface area contributed by atoms with Crippen molar-refractivity contribution in [3.05, 3.63) is 63.6 Å². The van der Waals surface area contributed by atoms with Crippen molar-refractivity contribution in [1.82, 2.24) is 15.2 Å². The van der Waals surface area contributed by atoms with Gasteiger partial charge in [-0.2, -0.15) is 0 Å². The van der Waals surface area contributed by atoms with Gasteiger partial charge in [0, 0.05) is 26.4 Å². The molecule has 2 N–H and O–H groups in total. The van der Waals surface area contributed by atoms with Crippen LogP contribution in [0.2, 0.25) is 0 Å². The lowest BCUT2D eigenvalue weighted by molar-refractivity contribution is 0.0948. The first-order chi connectivity index (χ1) is 14.6. The summed E-state index contributed by atoms with van der Waals surface area (Å²) in [6, 6.07) is 9.36. The van der Waals surface area contributed by atoms with Gasteiger partial charge in [-0.25, -0.2) is 0 Å². The van der Waals surface area contributed by atoms with Crippen molar-refractivity contribution < 1.29 is 14.3 Å². The fraction of sp³-hybridized carbons (Fsp3) is 0.478. The zero-order valence-corrected chi connectivity index (χ0v) is 17.8. The number of hydrogen-bond donors (Lipinski definition) is 2. The van der Waals surface area contributed by atoms with Gasteiger partial charge < -0.3 is 24.7 Å². The highest BCUT2D eigenvalue weighted by Gasteiger charge is 2.19. The second-order valence-electron chi connectivity index (χ2n) is 7.71. The summed E-state index contributed by atoms with van der Waals surface area (Å²) >= 11 is 0. The number of amides is 1. The van der Waals surface area contributed by atoms with E-state index in [-0.39, 0.29) is 17.0 Å². The maximum absolute atomic E-state index is 12.9. The Morgan fingerprint density at radius 3 is 2.73 bits per heavy atom. The van der Waals surface area contributed by atoms with Crippen LogP contribution in [0.25, 0.3) is 0 Å². The summed E-state index contributed by atoms with van der Waals surface area (Å²) in [6.45, 7) is 5.75. The number of hydrogen-bond acceptors (Lipinski definition) is 5. The van der Waals surface area contributed by atoms with E-state index < -0.39 is 0 Å². The molecule has 0 saturated carbocycles. The Hall–Kier alpha value is -2.64. The number of carbonyl (C=O) groups is 1. The number of aromatic nitrogens is 1. The number of nitrogens with zero attached hydrogens (tertiary/aromatic N) is 1. The number of aryl methyl sites for hydroxylation is 1. The topological polar surface area (TPSA) is 81.6 Å². The molecule has 3 rings (SSSR count). The lowest BCUT2D eigenvalue weighted by Gasteiger charge is -2.23. The van der Waals surface area contributed by atoms with E-state index in [4.69, 9.17) is 9.47 Å². The zero-order chi connectivity index (χ0) is 21.3. The van der Waals surface area contributed by atoms with Gasteiger partial charge >= 0.3 is 0 Å². The van der Waals surface area contributed by atoms with Crippen molar-refractivity contribution in [2.45, 2.75) is 32.9 Å². The van der Waals surface area contributed by atoms with Crippen molar-refractivity contribution in [3.8, 4) is 5.75 Å². The molecule has 1 aliphatic heterocycles. The van der Waals surface area contributed by atoms with Gasteiger partial charge in [0.25, 0.3) is 11.5 Å². The van der Waals surface area contributed by atoms with Crippen molar-refractivity contribution in [1.29, 1.82) is 0 Å². The number of rotatable bonds is 9. The van der Waals surface area contributed by atoms with Crippen molar-refractivity contribution >= 4 is 5.91 Å². The third kappa shape index (κ3) is 5.93. The number of ether oxygens (including phenoxy) is 2. The van der Waals surface area contributed by atoms with Gasteiger partial charge in [-0.05, 0) is 68.1 Å². The van der Waals surface area contributed by atoms with E-state index in [1.165, 1.54) is 0 Å². The van der Waals surface area contributed by atoms with Crippen LogP contribution in [-0.4, -0.2) is 43.9 Å². The average molecular weight is 414 g/mol. The van der Waals surface area contributed by atoms with Crippen LogP contribution in [-0.2, 0) is 17.8 Å². The highest BCUT2D eigenvalue weighted by molar-refractivity contribution is 5.95. The van der Waals surface area contributed by atoms with E-state index in [1.54, 1.807) is 24.8 Å². The number of pyridine rings is 1. The summed E-state index contributed by atoms with van der Waals surface area (Å²) in [5.74, 6) is 0.829. The van der Waals surface area contributed by atoms with Crippen LogP contribution in [0.3, 0.4) is 0 Å². The lowest BCUT2D eigenvalue weighted by atomic mass is 9.99. The minimum atomic E-state index is -0.339. The fourth-order valence-corrected chi connectivity index (χ4v) is 3.66. The van der Waals surface area contributed by atoms with Gasteiger partial charge in [0.15, 0.2) is 0 Å². The summed E-state index contributed by atoms with van der Waals surface area (Å²) in [4.78, 5) is 25.7. The molecule has 2 aromatic rings. The molecule has 1 amide bonds. The van der Waals surface area contributed by atoms with E-state index in [0.29, 0.717) is 37.8 Å². The Bertz CT molecular complexity index is 886. The molecule has 0 radical (unpaired) electrons. The Kier molecular flexibility index (Phi) is 8.04. The first-order valence-electron chi connectivity index (χ1n) is 10.5. The third-order valence-corrected chi connectivity index (χ3v) is 5.39. The molecule has 7 nitrogen and oxygen atoms in total. The molecular formula is C23H31N3O4. The van der Waals surface area contributed by atoms with Gasteiger partial charge in [-0.15, -0.1) is 0 Å². The minimum Gasteiger partial charge on any atom is -0.491 e. The summed E-state index contributed by atoms with van der Waals surface area (Å²) in [6.07, 6.45) is 4.01. The number of benzene rings is 1. The van der Waals surface area contributed by atoms with E-state index >= 15 is 0 Å². The van der Waals surface area contributed by atoms with Crippen LogP contribution in [0.15, 0.2) is 41.3 Å². The largest absolute Gasteiger partial charge is 0.491 e. The molecule has 1 aromatic heterocycles. The van der Waals surface area contributed by atoms with Crippen LogP contribution in [0.1, 0.15) is 34.3 Å². The molecule has 30 heavy (non-hydrogen) atoms. The monoisotopic (exact) mass is 413 g/mol. The van der Waals surface area contributed by atoms with Crippen LogP contribution in [0.5, 0.6) is 5.75 Å². The van der Waals surface area contributed by atoms with Gasteiger partial charge in [-0.3, -0.25) is 9.59 Å². The van der Waals surface area contributed by atoms with E-state index in [1.807, 2.05) is 30.3 Å². The summed E-state index contributed by atoms with van der Waals surface area (Å²) < 4.78 is 12.2. The maximum atomic E-state index is 12.9. The Morgan fingerprint density at radius 2 is 2.03 bits per heavy atom. The van der Waals surface area contributed by atoms with Crippen molar-refractivity contribution in [2.24, 2.45) is 5.92 Å². The zero-order valence-electron chi connectivity index (χ0n) is 17.8. The summed E-state index contributed by atoms with van der Waals surface area (Å²) in [7, 11) is 1.63. The smallest absolute Gasteiger partial charge is 0.263 e. The van der Waals surface area contributed by atoms with Gasteiger partial charge in [0.05, 0.1) is 6.61 Å². The Morgan fingerprint density at radius 1 is 1.23 bits per heavy atom. The molecule has 1 atom stereocenters. The number of piperidine rings is 1. The van der Waals surface area contributed by atoms with E-state index in [0.717, 1.165) is 37.2 Å². The third-order valence-electron chi connectivity index (χ3n) is 5.39. The number of nitrogens with one attached hydrogen (secondary N) is 2. The quantitative estimate of drug-likeness (QED) is 0.616. The Labute approximate surface area is 177 Å². The SMILES string of the molecule is COCCOc1ccc(CNC(=O)c2c(C)ccn(CC3CCCNC3)c2=O)cc1. The van der Waals surface area contributed by atoms with E-state index in [9.17, 15) is 9.59 Å².